The molecular weight excluding hydrogens is 298 g/mol. The van der Waals surface area contributed by atoms with E-state index in [9.17, 15) is 0 Å². The summed E-state index contributed by atoms with van der Waals surface area (Å²) in [7, 11) is 0. The number of halogens is 1. The van der Waals surface area contributed by atoms with Crippen LogP contribution in [0.2, 0.25) is 5.15 Å². The molecule has 0 saturated heterocycles. The summed E-state index contributed by atoms with van der Waals surface area (Å²) in [6.07, 6.45) is 3.82. The fourth-order valence-corrected chi connectivity index (χ4v) is 4.07. The van der Waals surface area contributed by atoms with Crippen LogP contribution in [0, 0.1) is 0 Å². The molecule has 20 heavy (non-hydrogen) atoms. The van der Waals surface area contributed by atoms with Crippen molar-refractivity contribution in [2.45, 2.75) is 19.5 Å². The van der Waals surface area contributed by atoms with Gasteiger partial charge in [0, 0.05) is 18.0 Å². The van der Waals surface area contributed by atoms with Crippen LogP contribution in [0.5, 0.6) is 0 Å². The molecule has 4 heterocycles. The van der Waals surface area contributed by atoms with Crippen LogP contribution < -0.4 is 0 Å². The summed E-state index contributed by atoms with van der Waals surface area (Å²) in [6.45, 7) is 2.50. The Kier molecular flexibility index (Phi) is 2.90. The number of hydrogen-bond donors (Lipinski definition) is 0. The zero-order valence-electron chi connectivity index (χ0n) is 10.4. The van der Waals surface area contributed by atoms with Gasteiger partial charge in [0.25, 0.3) is 0 Å². The van der Waals surface area contributed by atoms with Gasteiger partial charge in [0.05, 0.1) is 11.9 Å². The van der Waals surface area contributed by atoms with E-state index in [0.29, 0.717) is 17.5 Å². The van der Waals surface area contributed by atoms with Crippen molar-refractivity contribution in [1.82, 2.24) is 25.0 Å². The maximum absolute atomic E-state index is 6.20. The van der Waals surface area contributed by atoms with Gasteiger partial charge in [-0.2, -0.15) is 4.98 Å². The number of hydrogen-bond acceptors (Lipinski definition) is 7. The summed E-state index contributed by atoms with van der Waals surface area (Å²) in [5.74, 6) is 0.715. The molecular formula is C12H10ClN5OS. The minimum atomic E-state index is 0.555. The maximum atomic E-state index is 6.20. The van der Waals surface area contributed by atoms with Gasteiger partial charge >= 0.3 is 0 Å². The normalized spacial score (nSPS) is 15.7. The van der Waals surface area contributed by atoms with Crippen molar-refractivity contribution in [3.05, 3.63) is 34.1 Å². The molecule has 0 saturated carbocycles. The van der Waals surface area contributed by atoms with E-state index in [4.69, 9.17) is 16.1 Å². The summed E-state index contributed by atoms with van der Waals surface area (Å²) in [5, 5.41) is 5.43. The number of rotatable bonds is 2. The fraction of sp³-hybridized carbons (Fsp3) is 0.333. The van der Waals surface area contributed by atoms with Gasteiger partial charge in [-0.3, -0.25) is 4.90 Å². The first-order valence-electron chi connectivity index (χ1n) is 6.19. The Bertz CT molecular complexity index is 757. The Hall–Kier alpha value is -1.57. The van der Waals surface area contributed by atoms with E-state index in [1.807, 2.05) is 0 Å². The highest BCUT2D eigenvalue weighted by molar-refractivity contribution is 7.19. The van der Waals surface area contributed by atoms with Crippen LogP contribution >= 0.6 is 22.9 Å². The van der Waals surface area contributed by atoms with Crippen molar-refractivity contribution >= 4 is 33.2 Å². The Balaban J connectivity index is 1.66. The molecule has 0 aliphatic carbocycles. The molecule has 1 aliphatic rings. The number of nitrogens with zero attached hydrogens (tertiary/aromatic N) is 5. The Morgan fingerprint density at radius 2 is 2.30 bits per heavy atom. The quantitative estimate of drug-likeness (QED) is 0.677. The third-order valence-corrected chi connectivity index (χ3v) is 4.85. The number of aromatic nitrogens is 4. The molecule has 0 bridgehead atoms. The van der Waals surface area contributed by atoms with Crippen molar-refractivity contribution < 1.29 is 4.52 Å². The van der Waals surface area contributed by atoms with Gasteiger partial charge in [-0.25, -0.2) is 9.97 Å². The zero-order valence-corrected chi connectivity index (χ0v) is 12.0. The van der Waals surface area contributed by atoms with E-state index in [2.05, 4.69) is 25.0 Å². The Labute approximate surface area is 123 Å². The first kappa shape index (κ1) is 12.2. The van der Waals surface area contributed by atoms with Crippen molar-refractivity contribution in [2.24, 2.45) is 0 Å². The lowest BCUT2D eigenvalue weighted by Crippen LogP contribution is -2.29. The summed E-state index contributed by atoms with van der Waals surface area (Å²) in [4.78, 5) is 17.0. The topological polar surface area (TPSA) is 67.9 Å². The highest BCUT2D eigenvalue weighted by atomic mass is 35.5. The minimum absolute atomic E-state index is 0.555. The molecule has 3 aromatic rings. The molecule has 8 heteroatoms. The average Bonchev–Trinajstić information content (AvgIpc) is 3.05. The van der Waals surface area contributed by atoms with Gasteiger partial charge in [0.1, 0.15) is 16.3 Å². The minimum Gasteiger partial charge on any atom is -0.343 e. The molecule has 102 valence electrons. The summed E-state index contributed by atoms with van der Waals surface area (Å²) in [6, 6.07) is 0. The Morgan fingerprint density at radius 3 is 3.15 bits per heavy atom. The largest absolute Gasteiger partial charge is 0.343 e. The predicted molar refractivity (Wildman–Crippen MR) is 74.5 cm³/mol. The first-order chi connectivity index (χ1) is 9.81. The van der Waals surface area contributed by atoms with Crippen molar-refractivity contribution in [1.29, 1.82) is 0 Å². The average molecular weight is 308 g/mol. The maximum Gasteiger partial charge on any atom is 0.213 e. The highest BCUT2D eigenvalue weighted by Gasteiger charge is 2.23. The van der Waals surface area contributed by atoms with Crippen molar-refractivity contribution in [3.8, 4) is 0 Å². The first-order valence-corrected chi connectivity index (χ1v) is 7.39. The van der Waals surface area contributed by atoms with Gasteiger partial charge in [-0.15, -0.1) is 11.3 Å². The van der Waals surface area contributed by atoms with Crippen molar-refractivity contribution in [2.75, 3.05) is 6.54 Å². The fourth-order valence-electron chi connectivity index (χ4n) is 2.54. The number of fused-ring (bicyclic) bond motifs is 3. The predicted octanol–water partition coefficient (Wildman–Crippen LogP) is 2.29. The zero-order chi connectivity index (χ0) is 13.5. The monoisotopic (exact) mass is 307 g/mol. The van der Waals surface area contributed by atoms with E-state index in [1.54, 1.807) is 11.3 Å². The molecule has 0 spiro atoms. The van der Waals surface area contributed by atoms with E-state index in [-0.39, 0.29) is 0 Å². The van der Waals surface area contributed by atoms with Gasteiger partial charge < -0.3 is 4.52 Å². The molecule has 0 atom stereocenters. The van der Waals surface area contributed by atoms with Gasteiger partial charge in [-0.05, 0) is 12.0 Å². The smallest absolute Gasteiger partial charge is 0.213 e. The van der Waals surface area contributed by atoms with Gasteiger partial charge in [0.15, 0.2) is 5.82 Å². The lowest BCUT2D eigenvalue weighted by atomic mass is 10.1. The molecule has 0 fully saturated rings. The van der Waals surface area contributed by atoms with Gasteiger partial charge in [-0.1, -0.05) is 16.8 Å². The van der Waals surface area contributed by atoms with Crippen LogP contribution in [-0.2, 0) is 19.5 Å². The van der Waals surface area contributed by atoms with Gasteiger partial charge in [0.2, 0.25) is 6.39 Å². The summed E-state index contributed by atoms with van der Waals surface area (Å²) in [5.41, 5.74) is 1.29. The number of thiophene rings is 1. The lowest BCUT2D eigenvalue weighted by molar-refractivity contribution is 0.239. The van der Waals surface area contributed by atoms with E-state index < -0.39 is 0 Å². The van der Waals surface area contributed by atoms with Crippen molar-refractivity contribution in [3.63, 3.8) is 0 Å². The van der Waals surface area contributed by atoms with Crippen LogP contribution in [0.1, 0.15) is 16.3 Å². The molecule has 0 N–H and O–H groups in total. The molecule has 6 nitrogen and oxygen atoms in total. The van der Waals surface area contributed by atoms with Crippen LogP contribution in [-0.4, -0.2) is 31.6 Å². The second-order valence-corrected chi connectivity index (χ2v) is 6.10. The second-order valence-electron chi connectivity index (χ2n) is 4.66. The summed E-state index contributed by atoms with van der Waals surface area (Å²) < 4.78 is 4.77. The van der Waals surface area contributed by atoms with E-state index >= 15 is 0 Å². The summed E-state index contributed by atoms with van der Waals surface area (Å²) >= 11 is 7.89. The standard InChI is InChI=1S/C12H10ClN5OS/c13-11-10-7-1-2-18(4-9-16-6-19-17-9)3-8(7)20-12(10)15-5-14-11/h5-6H,1-4H2. The molecule has 0 unspecified atom stereocenters. The third-order valence-electron chi connectivity index (χ3n) is 3.44. The lowest BCUT2D eigenvalue weighted by Gasteiger charge is -2.25. The molecule has 1 aliphatic heterocycles. The SMILES string of the molecule is Clc1ncnc2sc3c(c12)CCN(Cc1ncon1)C3. The van der Waals surface area contributed by atoms with E-state index in [1.165, 1.54) is 23.2 Å². The van der Waals surface area contributed by atoms with Crippen LogP contribution in [0.25, 0.3) is 10.2 Å². The molecule has 0 amide bonds. The van der Waals surface area contributed by atoms with Crippen LogP contribution in [0.3, 0.4) is 0 Å². The third kappa shape index (κ3) is 1.98. The molecule has 4 rings (SSSR count). The van der Waals surface area contributed by atoms with Crippen LogP contribution in [0.4, 0.5) is 0 Å². The molecule has 0 radical (unpaired) electrons. The highest BCUT2D eigenvalue weighted by Crippen LogP contribution is 2.36. The molecule has 3 aromatic heterocycles. The van der Waals surface area contributed by atoms with E-state index in [0.717, 1.165) is 29.7 Å². The van der Waals surface area contributed by atoms with Crippen LogP contribution in [0.15, 0.2) is 17.2 Å². The molecule has 0 aromatic carbocycles. The Morgan fingerprint density at radius 1 is 1.35 bits per heavy atom. The second kappa shape index (κ2) is 4.76.